The fourth-order valence-corrected chi connectivity index (χ4v) is 2.51. The summed E-state index contributed by atoms with van der Waals surface area (Å²) in [6.07, 6.45) is 1.32. The van der Waals surface area contributed by atoms with E-state index in [1.165, 1.54) is 0 Å². The molecule has 1 aromatic carbocycles. The van der Waals surface area contributed by atoms with Gasteiger partial charge in [-0.15, -0.1) is 0 Å². The van der Waals surface area contributed by atoms with Crippen LogP contribution in [0, 0.1) is 0 Å². The Morgan fingerprint density at radius 2 is 2.39 bits per heavy atom. The first-order chi connectivity index (χ1) is 8.66. The van der Waals surface area contributed by atoms with Gasteiger partial charge in [0.25, 0.3) is 0 Å². The molecule has 0 aromatic heterocycles. The summed E-state index contributed by atoms with van der Waals surface area (Å²) in [6.45, 7) is 4.69. The van der Waals surface area contributed by atoms with Crippen molar-refractivity contribution in [2.75, 3.05) is 19.6 Å². The molecule has 1 fully saturated rings. The molecule has 1 N–H and O–H groups in total. The third kappa shape index (κ3) is 3.47. The third-order valence-corrected chi connectivity index (χ3v) is 3.57. The lowest BCUT2D eigenvalue weighted by Crippen LogP contribution is -2.52. The van der Waals surface area contributed by atoms with Crippen molar-refractivity contribution >= 4 is 17.5 Å². The normalized spacial score (nSPS) is 19.9. The molecule has 1 saturated heterocycles. The second-order valence-corrected chi connectivity index (χ2v) is 5.21. The fraction of sp³-hybridized carbons (Fsp3) is 0.500. The number of halogens is 1. The first-order valence-corrected chi connectivity index (χ1v) is 6.79. The number of aryl methyl sites for hydroxylation is 1. The molecule has 1 amide bonds. The number of nitrogens with one attached hydrogen (secondary N) is 1. The number of carbonyl (C=O) groups excluding carboxylic acids is 1. The zero-order chi connectivity index (χ0) is 13.0. The zero-order valence-corrected chi connectivity index (χ0v) is 11.4. The van der Waals surface area contributed by atoms with E-state index in [9.17, 15) is 4.79 Å². The van der Waals surface area contributed by atoms with E-state index in [-0.39, 0.29) is 5.91 Å². The largest absolute Gasteiger partial charge is 0.337 e. The fourth-order valence-electron chi connectivity index (χ4n) is 2.30. The van der Waals surface area contributed by atoms with Crippen molar-refractivity contribution in [1.29, 1.82) is 0 Å². The molecule has 1 aliphatic heterocycles. The average molecular weight is 267 g/mol. The summed E-state index contributed by atoms with van der Waals surface area (Å²) in [5.41, 5.74) is 1.12. The minimum Gasteiger partial charge on any atom is -0.337 e. The van der Waals surface area contributed by atoms with E-state index in [1.807, 2.05) is 29.2 Å². The number of nitrogens with zero attached hydrogens (tertiary/aromatic N) is 1. The Labute approximate surface area is 113 Å². The van der Waals surface area contributed by atoms with Gasteiger partial charge in [-0.05, 0) is 31.0 Å². The summed E-state index contributed by atoms with van der Waals surface area (Å²) in [5, 5.41) is 4.02. The van der Waals surface area contributed by atoms with Gasteiger partial charge in [-0.1, -0.05) is 23.7 Å². The molecule has 18 heavy (non-hydrogen) atoms. The van der Waals surface area contributed by atoms with E-state index in [2.05, 4.69) is 12.2 Å². The van der Waals surface area contributed by atoms with E-state index >= 15 is 0 Å². The molecule has 1 heterocycles. The van der Waals surface area contributed by atoms with Crippen molar-refractivity contribution in [1.82, 2.24) is 10.2 Å². The van der Waals surface area contributed by atoms with Gasteiger partial charge in [0, 0.05) is 37.1 Å². The van der Waals surface area contributed by atoms with Crippen LogP contribution in [0.25, 0.3) is 0 Å². The topological polar surface area (TPSA) is 32.3 Å². The van der Waals surface area contributed by atoms with Crippen LogP contribution >= 0.6 is 11.6 Å². The van der Waals surface area contributed by atoms with Crippen LogP contribution < -0.4 is 5.32 Å². The first-order valence-electron chi connectivity index (χ1n) is 6.41. The molecule has 1 atom stereocenters. The number of rotatable bonds is 3. The predicted molar refractivity (Wildman–Crippen MR) is 73.8 cm³/mol. The molecule has 98 valence electrons. The zero-order valence-electron chi connectivity index (χ0n) is 10.7. The lowest BCUT2D eigenvalue weighted by atomic mass is 10.1. The molecule has 2 rings (SSSR count). The summed E-state index contributed by atoms with van der Waals surface area (Å²) in [4.78, 5) is 14.1. The van der Waals surface area contributed by atoms with E-state index in [0.29, 0.717) is 12.5 Å². The lowest BCUT2D eigenvalue weighted by molar-refractivity contribution is -0.133. The molecular formula is C14H19ClN2O. The summed E-state index contributed by atoms with van der Waals surface area (Å²) in [7, 11) is 0. The Kier molecular flexibility index (Phi) is 4.61. The van der Waals surface area contributed by atoms with Crippen LogP contribution in [0.1, 0.15) is 18.9 Å². The van der Waals surface area contributed by atoms with Crippen molar-refractivity contribution in [2.45, 2.75) is 25.8 Å². The van der Waals surface area contributed by atoms with Gasteiger partial charge in [-0.25, -0.2) is 0 Å². The molecule has 0 spiro atoms. The van der Waals surface area contributed by atoms with Crippen molar-refractivity contribution < 1.29 is 4.79 Å². The van der Waals surface area contributed by atoms with Crippen LogP contribution in [0.2, 0.25) is 5.02 Å². The highest BCUT2D eigenvalue weighted by molar-refractivity contribution is 6.30. The summed E-state index contributed by atoms with van der Waals surface area (Å²) < 4.78 is 0. The van der Waals surface area contributed by atoms with Crippen molar-refractivity contribution in [3.8, 4) is 0 Å². The van der Waals surface area contributed by atoms with Crippen LogP contribution in [-0.2, 0) is 11.2 Å². The highest BCUT2D eigenvalue weighted by atomic mass is 35.5. The maximum Gasteiger partial charge on any atom is 0.223 e. The number of hydrogen-bond acceptors (Lipinski definition) is 2. The van der Waals surface area contributed by atoms with Gasteiger partial charge in [0.2, 0.25) is 5.91 Å². The monoisotopic (exact) mass is 266 g/mol. The molecule has 3 nitrogen and oxygen atoms in total. The molecule has 1 aromatic rings. The van der Waals surface area contributed by atoms with Crippen molar-refractivity contribution in [3.63, 3.8) is 0 Å². The van der Waals surface area contributed by atoms with Gasteiger partial charge in [0.1, 0.15) is 0 Å². The van der Waals surface area contributed by atoms with E-state index in [0.717, 1.165) is 36.6 Å². The quantitative estimate of drug-likeness (QED) is 0.909. The minimum absolute atomic E-state index is 0.240. The standard InChI is InChI=1S/C14H19ClN2O/c1-11-10-16-7-8-17(11)14(18)6-5-12-3-2-4-13(15)9-12/h2-4,9,11,16H,5-8,10H2,1H3/t11-/m1/s1. The summed E-state index contributed by atoms with van der Waals surface area (Å²) in [6, 6.07) is 8.02. The third-order valence-electron chi connectivity index (χ3n) is 3.34. The Bertz CT molecular complexity index is 422. The predicted octanol–water partition coefficient (Wildman–Crippen LogP) is 2.09. The minimum atomic E-state index is 0.240. The number of hydrogen-bond donors (Lipinski definition) is 1. The van der Waals surface area contributed by atoms with Gasteiger partial charge in [0.05, 0.1) is 0 Å². The number of benzene rings is 1. The van der Waals surface area contributed by atoms with Gasteiger partial charge in [-0.2, -0.15) is 0 Å². The smallest absolute Gasteiger partial charge is 0.223 e. The molecule has 0 unspecified atom stereocenters. The van der Waals surface area contributed by atoms with Crippen LogP contribution in [0.5, 0.6) is 0 Å². The second-order valence-electron chi connectivity index (χ2n) is 4.77. The van der Waals surface area contributed by atoms with Gasteiger partial charge in [0.15, 0.2) is 0 Å². The summed E-state index contributed by atoms with van der Waals surface area (Å²) in [5.74, 6) is 0.240. The Balaban J connectivity index is 1.88. The summed E-state index contributed by atoms with van der Waals surface area (Å²) >= 11 is 5.93. The number of piperazine rings is 1. The Morgan fingerprint density at radius 1 is 1.56 bits per heavy atom. The van der Waals surface area contributed by atoms with Gasteiger partial charge >= 0.3 is 0 Å². The number of amides is 1. The second kappa shape index (κ2) is 6.21. The molecule has 0 aliphatic carbocycles. The highest BCUT2D eigenvalue weighted by Crippen LogP contribution is 2.13. The number of carbonyl (C=O) groups is 1. The maximum atomic E-state index is 12.1. The molecule has 1 aliphatic rings. The Morgan fingerprint density at radius 3 is 3.11 bits per heavy atom. The lowest BCUT2D eigenvalue weighted by Gasteiger charge is -2.34. The van der Waals surface area contributed by atoms with Crippen LogP contribution in [-0.4, -0.2) is 36.5 Å². The maximum absolute atomic E-state index is 12.1. The average Bonchev–Trinajstić information content (AvgIpc) is 2.37. The molecule has 0 bridgehead atoms. The molecule has 0 saturated carbocycles. The van der Waals surface area contributed by atoms with Crippen LogP contribution in [0.15, 0.2) is 24.3 Å². The van der Waals surface area contributed by atoms with Crippen molar-refractivity contribution in [2.24, 2.45) is 0 Å². The van der Waals surface area contributed by atoms with Crippen LogP contribution in [0.4, 0.5) is 0 Å². The van der Waals surface area contributed by atoms with Gasteiger partial charge < -0.3 is 10.2 Å². The van der Waals surface area contributed by atoms with E-state index < -0.39 is 0 Å². The molecule has 4 heteroatoms. The van der Waals surface area contributed by atoms with E-state index in [1.54, 1.807) is 0 Å². The van der Waals surface area contributed by atoms with Gasteiger partial charge in [-0.3, -0.25) is 4.79 Å². The van der Waals surface area contributed by atoms with E-state index in [4.69, 9.17) is 11.6 Å². The van der Waals surface area contributed by atoms with Crippen LogP contribution in [0.3, 0.4) is 0 Å². The SMILES string of the molecule is C[C@@H]1CNCCN1C(=O)CCc1cccc(Cl)c1. The molecule has 0 radical (unpaired) electrons. The Hall–Kier alpha value is -1.06. The highest BCUT2D eigenvalue weighted by Gasteiger charge is 2.22. The molecular weight excluding hydrogens is 248 g/mol. The first kappa shape index (κ1) is 13.4. The van der Waals surface area contributed by atoms with Crippen molar-refractivity contribution in [3.05, 3.63) is 34.9 Å².